The number of nitrogens with two attached hydrogens (primary N) is 1. The summed E-state index contributed by atoms with van der Waals surface area (Å²) in [5, 5.41) is 0. The van der Waals surface area contributed by atoms with E-state index in [4.69, 9.17) is 22.7 Å². The molecule has 0 spiro atoms. The fourth-order valence-corrected chi connectivity index (χ4v) is 2.24. The lowest BCUT2D eigenvalue weighted by Gasteiger charge is -2.37. The van der Waals surface area contributed by atoms with E-state index in [1.165, 1.54) is 0 Å². The maximum absolute atomic E-state index is 5.67. The molecule has 1 aliphatic heterocycles. The van der Waals surface area contributed by atoms with E-state index in [1.54, 1.807) is 0 Å². The molecule has 0 saturated carbocycles. The minimum atomic E-state index is 0.232. The van der Waals surface area contributed by atoms with Crippen LogP contribution in [0.3, 0.4) is 0 Å². The minimum absolute atomic E-state index is 0.232. The molecule has 1 rings (SSSR count). The summed E-state index contributed by atoms with van der Waals surface area (Å²) in [4.78, 5) is 5.46. The molecule has 4 nitrogen and oxygen atoms in total. The van der Waals surface area contributed by atoms with Crippen molar-refractivity contribution in [2.45, 2.75) is 26.3 Å². The maximum Gasteiger partial charge on any atom is 0.0899 e. The third-order valence-corrected chi connectivity index (χ3v) is 3.67. The lowest BCUT2D eigenvalue weighted by Crippen LogP contribution is -2.52. The highest BCUT2D eigenvalue weighted by molar-refractivity contribution is 7.80. The van der Waals surface area contributed by atoms with Crippen molar-refractivity contribution in [2.75, 3.05) is 45.9 Å². The zero-order valence-corrected chi connectivity index (χ0v) is 11.8. The first kappa shape index (κ1) is 14.8. The normalized spacial score (nSPS) is 20.4. The number of ether oxygens (including phenoxy) is 1. The van der Waals surface area contributed by atoms with Gasteiger partial charge in [-0.3, -0.25) is 4.90 Å². The molecule has 0 aromatic carbocycles. The summed E-state index contributed by atoms with van der Waals surface area (Å²) in [7, 11) is 0. The molecule has 17 heavy (non-hydrogen) atoms. The van der Waals surface area contributed by atoms with Gasteiger partial charge in [-0.25, -0.2) is 0 Å². The Morgan fingerprint density at radius 3 is 2.53 bits per heavy atom. The van der Waals surface area contributed by atoms with Crippen molar-refractivity contribution in [3.63, 3.8) is 0 Å². The topological polar surface area (TPSA) is 41.7 Å². The van der Waals surface area contributed by atoms with Crippen LogP contribution in [-0.2, 0) is 4.74 Å². The molecular formula is C12H25N3OS. The van der Waals surface area contributed by atoms with Gasteiger partial charge in [-0.15, -0.1) is 0 Å². The fraction of sp³-hybridized carbons (Fsp3) is 0.917. The van der Waals surface area contributed by atoms with Gasteiger partial charge >= 0.3 is 0 Å². The average molecular weight is 259 g/mol. The molecule has 5 heteroatoms. The summed E-state index contributed by atoms with van der Waals surface area (Å²) in [5.41, 5.74) is 5.67. The molecule has 1 aliphatic rings. The van der Waals surface area contributed by atoms with E-state index in [9.17, 15) is 0 Å². The van der Waals surface area contributed by atoms with E-state index in [2.05, 4.69) is 16.7 Å². The van der Waals surface area contributed by atoms with Gasteiger partial charge in [0.15, 0.2) is 0 Å². The van der Waals surface area contributed by atoms with Crippen molar-refractivity contribution >= 4 is 17.2 Å². The van der Waals surface area contributed by atoms with Crippen molar-refractivity contribution < 1.29 is 4.74 Å². The summed E-state index contributed by atoms with van der Waals surface area (Å²) in [5.74, 6) is 0. The Morgan fingerprint density at radius 1 is 1.35 bits per heavy atom. The quantitative estimate of drug-likeness (QED) is 0.538. The molecule has 1 atom stereocenters. The minimum Gasteiger partial charge on any atom is -0.392 e. The van der Waals surface area contributed by atoms with Gasteiger partial charge in [-0.1, -0.05) is 12.2 Å². The standard InChI is InChI=1S/C12H25N3OS/c1-3-16-10-4-5-14-6-8-15(9-7-14)11(2)12(13)17/h11H,3-10H2,1-2H3,(H2,13,17). The van der Waals surface area contributed by atoms with Crippen molar-refractivity contribution in [1.29, 1.82) is 0 Å². The zero-order valence-electron chi connectivity index (χ0n) is 11.0. The molecule has 0 aromatic heterocycles. The largest absolute Gasteiger partial charge is 0.392 e. The maximum atomic E-state index is 5.67. The fourth-order valence-electron chi connectivity index (χ4n) is 2.09. The number of piperazine rings is 1. The van der Waals surface area contributed by atoms with Crippen LogP contribution < -0.4 is 5.73 Å². The van der Waals surface area contributed by atoms with Gasteiger partial charge in [0.2, 0.25) is 0 Å². The summed E-state index contributed by atoms with van der Waals surface area (Å²) in [6.45, 7) is 11.3. The van der Waals surface area contributed by atoms with Crippen LogP contribution >= 0.6 is 12.2 Å². The van der Waals surface area contributed by atoms with Gasteiger partial charge in [0, 0.05) is 45.9 Å². The second kappa shape index (κ2) is 7.97. The SMILES string of the molecule is CCOCCCN1CCN(C(C)C(N)=S)CC1. The highest BCUT2D eigenvalue weighted by Crippen LogP contribution is 2.07. The predicted molar refractivity (Wildman–Crippen MR) is 75.4 cm³/mol. The van der Waals surface area contributed by atoms with Crippen LogP contribution in [0.15, 0.2) is 0 Å². The van der Waals surface area contributed by atoms with Crippen molar-refractivity contribution in [3.05, 3.63) is 0 Å². The van der Waals surface area contributed by atoms with Crippen molar-refractivity contribution in [1.82, 2.24) is 9.80 Å². The second-order valence-electron chi connectivity index (χ2n) is 4.51. The Bertz CT molecular complexity index is 230. The van der Waals surface area contributed by atoms with Gasteiger partial charge in [-0.2, -0.15) is 0 Å². The molecular weight excluding hydrogens is 234 g/mol. The highest BCUT2D eigenvalue weighted by Gasteiger charge is 2.21. The van der Waals surface area contributed by atoms with Crippen LogP contribution in [0.2, 0.25) is 0 Å². The summed E-state index contributed by atoms with van der Waals surface area (Å²) >= 11 is 5.03. The van der Waals surface area contributed by atoms with Crippen LogP contribution in [0.1, 0.15) is 20.3 Å². The van der Waals surface area contributed by atoms with Gasteiger partial charge in [0.05, 0.1) is 11.0 Å². The predicted octanol–water partition coefficient (Wildman–Crippen LogP) is 0.705. The van der Waals surface area contributed by atoms with Gasteiger partial charge in [-0.05, 0) is 20.3 Å². The lowest BCUT2D eigenvalue weighted by atomic mass is 10.2. The van der Waals surface area contributed by atoms with E-state index in [-0.39, 0.29) is 6.04 Å². The lowest BCUT2D eigenvalue weighted by molar-refractivity contribution is 0.0995. The van der Waals surface area contributed by atoms with Crippen LogP contribution in [0.25, 0.3) is 0 Å². The first-order valence-electron chi connectivity index (χ1n) is 6.48. The molecule has 2 N–H and O–H groups in total. The molecule has 1 saturated heterocycles. The highest BCUT2D eigenvalue weighted by atomic mass is 32.1. The Morgan fingerprint density at radius 2 is 2.00 bits per heavy atom. The Kier molecular flexibility index (Phi) is 6.96. The number of nitrogens with zero attached hydrogens (tertiary/aromatic N) is 2. The molecule has 1 fully saturated rings. The Balaban J connectivity index is 2.15. The molecule has 100 valence electrons. The number of rotatable bonds is 7. The Labute approximate surface area is 110 Å². The molecule has 0 amide bonds. The monoisotopic (exact) mass is 259 g/mol. The molecule has 0 aliphatic carbocycles. The third-order valence-electron chi connectivity index (χ3n) is 3.33. The smallest absolute Gasteiger partial charge is 0.0899 e. The summed E-state index contributed by atoms with van der Waals surface area (Å²) < 4.78 is 5.34. The number of thiocarbonyl (C=S) groups is 1. The summed E-state index contributed by atoms with van der Waals surface area (Å²) in [6.07, 6.45) is 1.12. The third kappa shape index (κ3) is 5.29. The molecule has 0 radical (unpaired) electrons. The molecule has 1 unspecified atom stereocenters. The van der Waals surface area contributed by atoms with E-state index in [0.717, 1.165) is 52.4 Å². The average Bonchev–Trinajstić information content (AvgIpc) is 2.34. The van der Waals surface area contributed by atoms with Crippen LogP contribution in [0, 0.1) is 0 Å². The summed E-state index contributed by atoms with van der Waals surface area (Å²) in [6, 6.07) is 0.232. The van der Waals surface area contributed by atoms with Gasteiger partial charge < -0.3 is 15.4 Å². The van der Waals surface area contributed by atoms with Gasteiger partial charge in [0.1, 0.15) is 0 Å². The van der Waals surface area contributed by atoms with E-state index >= 15 is 0 Å². The Hall–Kier alpha value is -0.230. The van der Waals surface area contributed by atoms with Crippen LogP contribution in [0.5, 0.6) is 0 Å². The van der Waals surface area contributed by atoms with Gasteiger partial charge in [0.25, 0.3) is 0 Å². The first-order valence-corrected chi connectivity index (χ1v) is 6.89. The second-order valence-corrected chi connectivity index (χ2v) is 4.98. The zero-order chi connectivity index (χ0) is 12.7. The van der Waals surface area contributed by atoms with Crippen molar-refractivity contribution in [3.8, 4) is 0 Å². The van der Waals surface area contributed by atoms with E-state index < -0.39 is 0 Å². The van der Waals surface area contributed by atoms with Crippen LogP contribution in [-0.4, -0.2) is 66.8 Å². The molecule has 0 aromatic rings. The number of hydrogen-bond donors (Lipinski definition) is 1. The molecule has 1 heterocycles. The van der Waals surface area contributed by atoms with E-state index in [1.807, 2.05) is 6.92 Å². The first-order chi connectivity index (χ1) is 8.15. The number of hydrogen-bond acceptors (Lipinski definition) is 4. The molecule has 0 bridgehead atoms. The van der Waals surface area contributed by atoms with Crippen molar-refractivity contribution in [2.24, 2.45) is 5.73 Å². The van der Waals surface area contributed by atoms with Crippen LogP contribution in [0.4, 0.5) is 0 Å². The van der Waals surface area contributed by atoms with E-state index in [0.29, 0.717) is 4.99 Å².